The van der Waals surface area contributed by atoms with Crippen molar-refractivity contribution >= 4 is 44.0 Å². The first-order valence-corrected chi connectivity index (χ1v) is 6.83. The van der Waals surface area contributed by atoms with Crippen LogP contribution in [0.15, 0.2) is 40.4 Å². The molecule has 3 nitrogen and oxygen atoms in total. The van der Waals surface area contributed by atoms with Gasteiger partial charge in [-0.3, -0.25) is 0 Å². The second-order valence-corrected chi connectivity index (χ2v) is 5.67. The number of nitrogen functional groups attached to an aromatic ring is 1. The lowest BCUT2D eigenvalue weighted by Gasteiger charge is -2.03. The molecule has 0 amide bonds. The Bertz CT molecular complexity index is 671. The average Bonchev–Trinajstić information content (AvgIpc) is 2.87. The highest BCUT2D eigenvalue weighted by Gasteiger charge is 2.06. The molecule has 0 spiro atoms. The molecular formula is C12H10BrN3S. The van der Waals surface area contributed by atoms with Gasteiger partial charge < -0.3 is 10.3 Å². The fourth-order valence-electron chi connectivity index (χ4n) is 1.80. The number of nitrogens with two attached hydrogens (primary N) is 1. The largest absolute Gasteiger partial charge is 0.399 e. The molecule has 3 aromatic rings. The predicted molar refractivity (Wildman–Crippen MR) is 75.3 cm³/mol. The van der Waals surface area contributed by atoms with Crippen LogP contribution >= 0.6 is 27.3 Å². The van der Waals surface area contributed by atoms with Crippen molar-refractivity contribution in [1.29, 1.82) is 0 Å². The van der Waals surface area contributed by atoms with E-state index in [-0.39, 0.29) is 0 Å². The van der Waals surface area contributed by atoms with E-state index in [4.69, 9.17) is 5.73 Å². The number of anilines is 1. The van der Waals surface area contributed by atoms with E-state index >= 15 is 0 Å². The van der Waals surface area contributed by atoms with Gasteiger partial charge >= 0.3 is 0 Å². The van der Waals surface area contributed by atoms with Crippen molar-refractivity contribution < 1.29 is 0 Å². The van der Waals surface area contributed by atoms with Gasteiger partial charge in [-0.25, -0.2) is 4.98 Å². The van der Waals surface area contributed by atoms with E-state index in [1.807, 2.05) is 24.5 Å². The van der Waals surface area contributed by atoms with Gasteiger partial charge in [-0.1, -0.05) is 0 Å². The highest BCUT2D eigenvalue weighted by molar-refractivity contribution is 9.10. The summed E-state index contributed by atoms with van der Waals surface area (Å²) in [6.45, 7) is 0.832. The van der Waals surface area contributed by atoms with Crippen molar-refractivity contribution in [2.45, 2.75) is 6.54 Å². The first kappa shape index (κ1) is 10.8. The Morgan fingerprint density at radius 2 is 2.24 bits per heavy atom. The summed E-state index contributed by atoms with van der Waals surface area (Å²) in [6.07, 6.45) is 1.86. The summed E-state index contributed by atoms with van der Waals surface area (Å²) in [5.41, 5.74) is 8.54. The fourth-order valence-corrected chi connectivity index (χ4v) is 3.27. The molecule has 17 heavy (non-hydrogen) atoms. The van der Waals surface area contributed by atoms with Crippen LogP contribution in [0.5, 0.6) is 0 Å². The Morgan fingerprint density at radius 1 is 1.35 bits per heavy atom. The number of thiophene rings is 1. The monoisotopic (exact) mass is 307 g/mol. The van der Waals surface area contributed by atoms with E-state index in [0.717, 1.165) is 27.7 Å². The number of hydrogen-bond acceptors (Lipinski definition) is 3. The lowest BCUT2D eigenvalue weighted by Crippen LogP contribution is -1.96. The number of hydrogen-bond donors (Lipinski definition) is 1. The molecule has 2 heterocycles. The smallest absolute Gasteiger partial charge is 0.0961 e. The van der Waals surface area contributed by atoms with Gasteiger partial charge in [0.15, 0.2) is 0 Å². The number of aromatic nitrogens is 2. The van der Waals surface area contributed by atoms with Crippen LogP contribution in [0.3, 0.4) is 0 Å². The zero-order valence-corrected chi connectivity index (χ0v) is 11.3. The second kappa shape index (κ2) is 4.16. The summed E-state index contributed by atoms with van der Waals surface area (Å²) in [4.78, 5) is 5.65. The molecule has 2 N–H and O–H groups in total. The first-order chi connectivity index (χ1) is 8.24. The van der Waals surface area contributed by atoms with Crippen molar-refractivity contribution in [1.82, 2.24) is 9.55 Å². The van der Waals surface area contributed by atoms with Crippen molar-refractivity contribution in [3.8, 4) is 0 Å². The number of benzene rings is 1. The van der Waals surface area contributed by atoms with Crippen molar-refractivity contribution in [2.75, 3.05) is 5.73 Å². The van der Waals surface area contributed by atoms with E-state index < -0.39 is 0 Å². The summed E-state index contributed by atoms with van der Waals surface area (Å²) in [7, 11) is 0. The van der Waals surface area contributed by atoms with Gasteiger partial charge in [0, 0.05) is 15.0 Å². The quantitative estimate of drug-likeness (QED) is 0.737. The van der Waals surface area contributed by atoms with Crippen LogP contribution in [0.25, 0.3) is 11.0 Å². The van der Waals surface area contributed by atoms with Crippen molar-refractivity contribution in [3.63, 3.8) is 0 Å². The number of imidazole rings is 1. The number of fused-ring (bicyclic) bond motifs is 1. The van der Waals surface area contributed by atoms with Crippen LogP contribution in [-0.2, 0) is 6.54 Å². The molecule has 0 aliphatic rings. The van der Waals surface area contributed by atoms with E-state index in [2.05, 4.69) is 36.9 Å². The van der Waals surface area contributed by atoms with Gasteiger partial charge in [-0.05, 0) is 45.6 Å². The Hall–Kier alpha value is -1.33. The van der Waals surface area contributed by atoms with Crippen molar-refractivity contribution in [2.24, 2.45) is 0 Å². The molecule has 0 saturated carbocycles. The summed E-state index contributed by atoms with van der Waals surface area (Å²) < 4.78 is 3.28. The Labute approximate surface area is 111 Å². The SMILES string of the molecule is Nc1ccc2c(c1)ncn2Cc1sccc1Br. The maximum absolute atomic E-state index is 5.74. The zero-order chi connectivity index (χ0) is 11.8. The highest BCUT2D eigenvalue weighted by Crippen LogP contribution is 2.25. The third-order valence-corrected chi connectivity index (χ3v) is 4.56. The van der Waals surface area contributed by atoms with Crippen LogP contribution in [0.2, 0.25) is 0 Å². The summed E-state index contributed by atoms with van der Waals surface area (Å²) in [5, 5.41) is 2.08. The maximum Gasteiger partial charge on any atom is 0.0961 e. The summed E-state index contributed by atoms with van der Waals surface area (Å²) in [5.74, 6) is 0. The molecular weight excluding hydrogens is 298 g/mol. The molecule has 0 atom stereocenters. The number of halogens is 1. The molecule has 5 heteroatoms. The molecule has 0 fully saturated rings. The lowest BCUT2D eigenvalue weighted by molar-refractivity contribution is 0.835. The van der Waals surface area contributed by atoms with Crippen LogP contribution in [0.4, 0.5) is 5.69 Å². The number of rotatable bonds is 2. The van der Waals surface area contributed by atoms with Crippen molar-refractivity contribution in [3.05, 3.63) is 45.3 Å². The third kappa shape index (κ3) is 1.96. The van der Waals surface area contributed by atoms with Gasteiger partial charge in [0.25, 0.3) is 0 Å². The Balaban J connectivity index is 2.04. The Kier molecular flexibility index (Phi) is 2.64. The summed E-state index contributed by atoms with van der Waals surface area (Å²) >= 11 is 5.28. The standard InChI is InChI=1S/C12H10BrN3S/c13-9-3-4-17-12(9)6-16-7-15-10-5-8(14)1-2-11(10)16/h1-5,7H,6,14H2. The molecule has 0 saturated heterocycles. The summed E-state index contributed by atoms with van der Waals surface area (Å²) in [6, 6.07) is 7.88. The minimum Gasteiger partial charge on any atom is -0.399 e. The molecule has 86 valence electrons. The molecule has 0 radical (unpaired) electrons. The molecule has 0 aliphatic heterocycles. The van der Waals surface area contributed by atoms with Gasteiger partial charge in [0.2, 0.25) is 0 Å². The zero-order valence-electron chi connectivity index (χ0n) is 8.93. The van der Waals surface area contributed by atoms with Gasteiger partial charge in [-0.2, -0.15) is 0 Å². The third-order valence-electron chi connectivity index (χ3n) is 2.65. The normalized spacial score (nSPS) is 11.1. The lowest BCUT2D eigenvalue weighted by atomic mass is 10.3. The fraction of sp³-hybridized carbons (Fsp3) is 0.0833. The highest BCUT2D eigenvalue weighted by atomic mass is 79.9. The van der Waals surface area contributed by atoms with Crippen LogP contribution < -0.4 is 5.73 Å². The molecule has 0 aliphatic carbocycles. The predicted octanol–water partition coefficient (Wildman–Crippen LogP) is 3.49. The number of nitrogens with zero attached hydrogens (tertiary/aromatic N) is 2. The minimum absolute atomic E-state index is 0.750. The molecule has 2 aromatic heterocycles. The van der Waals surface area contributed by atoms with Gasteiger partial charge in [0.1, 0.15) is 0 Å². The minimum atomic E-state index is 0.750. The second-order valence-electron chi connectivity index (χ2n) is 3.81. The van der Waals surface area contributed by atoms with E-state index in [1.54, 1.807) is 11.3 Å². The van der Waals surface area contributed by atoms with Crippen LogP contribution in [0.1, 0.15) is 4.88 Å². The molecule has 0 unspecified atom stereocenters. The van der Waals surface area contributed by atoms with Gasteiger partial charge in [0.05, 0.1) is 23.9 Å². The van der Waals surface area contributed by atoms with Crippen LogP contribution in [0, 0.1) is 0 Å². The molecule has 3 rings (SSSR count). The van der Waals surface area contributed by atoms with E-state index in [9.17, 15) is 0 Å². The van der Waals surface area contributed by atoms with Gasteiger partial charge in [-0.15, -0.1) is 11.3 Å². The van der Waals surface area contributed by atoms with E-state index in [0.29, 0.717) is 0 Å². The maximum atomic E-state index is 5.74. The van der Waals surface area contributed by atoms with Crippen LogP contribution in [-0.4, -0.2) is 9.55 Å². The van der Waals surface area contributed by atoms with E-state index in [1.165, 1.54) is 4.88 Å². The average molecular weight is 308 g/mol. The first-order valence-electron chi connectivity index (χ1n) is 5.16. The Morgan fingerprint density at radius 3 is 3.00 bits per heavy atom. The molecule has 0 bridgehead atoms. The topological polar surface area (TPSA) is 43.8 Å². The molecule has 1 aromatic carbocycles.